The molecule has 7 heteroatoms. The second-order valence-electron chi connectivity index (χ2n) is 9.50. The van der Waals surface area contributed by atoms with Gasteiger partial charge in [0.15, 0.2) is 0 Å². The Balaban J connectivity index is 0.00000196. The monoisotopic (exact) mass is 393 g/mol. The number of carbonyl (C=O) groups is 1. The van der Waals surface area contributed by atoms with E-state index in [1.54, 1.807) is 0 Å². The van der Waals surface area contributed by atoms with Crippen LogP contribution in [-0.4, -0.2) is 54.4 Å². The smallest absolute Gasteiger partial charge is 0.299 e. The summed E-state index contributed by atoms with van der Waals surface area (Å²) in [5.74, 6) is 2.76. The summed E-state index contributed by atoms with van der Waals surface area (Å²) >= 11 is 0. The quantitative estimate of drug-likeness (QED) is 0.574. The molecule has 0 saturated heterocycles. The van der Waals surface area contributed by atoms with Gasteiger partial charge in [0, 0.05) is 41.4 Å². The van der Waals surface area contributed by atoms with E-state index < -0.39 is 10.4 Å². The van der Waals surface area contributed by atoms with E-state index in [0.717, 1.165) is 51.4 Å². The van der Waals surface area contributed by atoms with E-state index in [-0.39, 0.29) is 46.5 Å². The van der Waals surface area contributed by atoms with Crippen molar-refractivity contribution >= 4 is 45.7 Å². The summed E-state index contributed by atoms with van der Waals surface area (Å²) < 4.78 is 36.0. The molecule has 0 aromatic heterocycles. The normalized spacial score (nSPS) is 48.1. The molecule has 5 nitrogen and oxygen atoms in total. The van der Waals surface area contributed by atoms with Gasteiger partial charge in [0.05, 0.1) is 6.10 Å². The Bertz CT molecular complexity index is 679. The summed E-state index contributed by atoms with van der Waals surface area (Å²) in [7, 11) is -4.37. The molecule has 1 N–H and O–H groups in total. The van der Waals surface area contributed by atoms with Gasteiger partial charge in [-0.3, -0.25) is 9.35 Å². The molecule has 4 aliphatic rings. The molecule has 0 bridgehead atoms. The van der Waals surface area contributed by atoms with E-state index >= 15 is 0 Å². The summed E-state index contributed by atoms with van der Waals surface area (Å²) in [6, 6.07) is 0. The average Bonchev–Trinajstić information content (AvgIpc) is 2.82. The molecule has 0 aromatic rings. The van der Waals surface area contributed by atoms with Gasteiger partial charge in [-0.2, -0.15) is 8.42 Å². The standard InChI is InChI=1S/C19H30O5S.Na/c1-18-9-7-13(24-25(21,22)23)11-12(18)3-4-14-15-5-6-17(20)19(15,2)10-8-16(14)18;/h12-16H,3-11H2,1-2H3,(H,21,22,23);/t12-,13-,14-,15-,16-,18-,19-;/m1./s1. The maximum absolute atomic E-state index is 12.4. The van der Waals surface area contributed by atoms with Crippen molar-refractivity contribution in [3.05, 3.63) is 0 Å². The van der Waals surface area contributed by atoms with Crippen molar-refractivity contribution in [2.75, 3.05) is 0 Å². The molecule has 4 aliphatic carbocycles. The summed E-state index contributed by atoms with van der Waals surface area (Å²) in [5.41, 5.74) is 0.130. The van der Waals surface area contributed by atoms with Crippen LogP contribution >= 0.6 is 0 Å². The van der Waals surface area contributed by atoms with Crippen molar-refractivity contribution < 1.29 is 21.9 Å². The van der Waals surface area contributed by atoms with Crippen LogP contribution < -0.4 is 0 Å². The largest absolute Gasteiger partial charge is 0.397 e. The third-order valence-corrected chi connectivity index (χ3v) is 9.10. The Hall–Kier alpha value is 0.540. The van der Waals surface area contributed by atoms with Crippen LogP contribution in [0, 0.1) is 34.5 Å². The number of hydrogen-bond donors (Lipinski definition) is 1. The molecule has 0 aromatic carbocycles. The molecule has 0 heterocycles. The van der Waals surface area contributed by atoms with E-state index in [0.29, 0.717) is 35.9 Å². The fourth-order valence-corrected chi connectivity index (χ4v) is 7.77. The number of rotatable bonds is 2. The first kappa shape index (κ1) is 21.3. The third-order valence-electron chi connectivity index (χ3n) is 8.58. The topological polar surface area (TPSA) is 80.7 Å². The van der Waals surface area contributed by atoms with Gasteiger partial charge in [0.2, 0.25) is 0 Å². The minimum Gasteiger partial charge on any atom is -0.299 e. The van der Waals surface area contributed by atoms with Crippen LogP contribution in [0.25, 0.3) is 0 Å². The average molecular weight is 394 g/mol. The Morgan fingerprint density at radius 2 is 1.77 bits per heavy atom. The first-order chi connectivity index (χ1) is 11.6. The SMILES string of the molecule is C[C@@]12CC[C@@H](OS(=O)(=O)O)C[C@H]1CC[C@H]1[C@H]2CC[C@@]2(C)C(=O)CC[C@H]12.[Na]. The molecule has 4 rings (SSSR count). The molecule has 7 atom stereocenters. The zero-order chi connectivity index (χ0) is 18.0. The zero-order valence-electron chi connectivity index (χ0n) is 16.2. The third kappa shape index (κ3) is 3.37. The van der Waals surface area contributed by atoms with E-state index in [2.05, 4.69) is 13.8 Å². The molecule has 0 amide bonds. The molecular weight excluding hydrogens is 363 g/mol. The molecule has 1 radical (unpaired) electrons. The van der Waals surface area contributed by atoms with Gasteiger partial charge in [-0.25, -0.2) is 4.18 Å². The van der Waals surface area contributed by atoms with Crippen LogP contribution in [0.1, 0.15) is 71.6 Å². The number of ketones is 1. The summed E-state index contributed by atoms with van der Waals surface area (Å²) in [4.78, 5) is 12.4. The van der Waals surface area contributed by atoms with Gasteiger partial charge in [-0.15, -0.1) is 0 Å². The molecule has 4 saturated carbocycles. The van der Waals surface area contributed by atoms with Crippen LogP contribution in [0.3, 0.4) is 0 Å². The molecule has 26 heavy (non-hydrogen) atoms. The fraction of sp³-hybridized carbons (Fsp3) is 0.947. The number of fused-ring (bicyclic) bond motifs is 5. The van der Waals surface area contributed by atoms with E-state index in [1.165, 1.54) is 0 Å². The minimum atomic E-state index is -4.37. The molecule has 0 aliphatic heterocycles. The van der Waals surface area contributed by atoms with Crippen LogP contribution in [0.15, 0.2) is 0 Å². The van der Waals surface area contributed by atoms with Gasteiger partial charge in [-0.1, -0.05) is 13.8 Å². The Kier molecular flexibility index (Phi) is 5.80. The van der Waals surface area contributed by atoms with Crippen molar-refractivity contribution in [1.29, 1.82) is 0 Å². The predicted molar refractivity (Wildman–Crippen MR) is 98.9 cm³/mol. The van der Waals surface area contributed by atoms with Crippen molar-refractivity contribution in [1.82, 2.24) is 0 Å². The van der Waals surface area contributed by atoms with Crippen molar-refractivity contribution in [3.63, 3.8) is 0 Å². The van der Waals surface area contributed by atoms with Gasteiger partial charge in [-0.05, 0) is 80.5 Å². The predicted octanol–water partition coefficient (Wildman–Crippen LogP) is 3.41. The van der Waals surface area contributed by atoms with E-state index in [4.69, 9.17) is 8.74 Å². The van der Waals surface area contributed by atoms with E-state index in [1.807, 2.05) is 0 Å². The Labute approximate surface area is 179 Å². The van der Waals surface area contributed by atoms with Crippen LogP contribution in [0.5, 0.6) is 0 Å². The van der Waals surface area contributed by atoms with Gasteiger partial charge in [0.25, 0.3) is 0 Å². The number of carbonyl (C=O) groups excluding carboxylic acids is 1. The minimum absolute atomic E-state index is 0. The molecule has 143 valence electrons. The molecule has 4 fully saturated rings. The number of hydrogen-bond acceptors (Lipinski definition) is 4. The number of Topliss-reactive ketones (excluding diaryl/α,β-unsaturated/α-hetero) is 1. The van der Waals surface area contributed by atoms with Crippen molar-refractivity contribution in [2.45, 2.75) is 77.7 Å². The molecule has 0 spiro atoms. The second kappa shape index (κ2) is 7.10. The Morgan fingerprint density at radius 1 is 1.04 bits per heavy atom. The Morgan fingerprint density at radius 3 is 2.46 bits per heavy atom. The van der Waals surface area contributed by atoms with Crippen LogP contribution in [-0.2, 0) is 19.4 Å². The van der Waals surface area contributed by atoms with Gasteiger partial charge < -0.3 is 0 Å². The first-order valence-electron chi connectivity index (χ1n) is 9.82. The van der Waals surface area contributed by atoms with Crippen molar-refractivity contribution in [2.24, 2.45) is 34.5 Å². The maximum Gasteiger partial charge on any atom is 0.397 e. The van der Waals surface area contributed by atoms with Crippen molar-refractivity contribution in [3.8, 4) is 0 Å². The summed E-state index contributed by atoms with van der Waals surface area (Å²) in [6.45, 7) is 4.59. The fourth-order valence-electron chi connectivity index (χ4n) is 7.25. The van der Waals surface area contributed by atoms with E-state index in [9.17, 15) is 13.2 Å². The molecule has 0 unspecified atom stereocenters. The first-order valence-corrected chi connectivity index (χ1v) is 11.2. The summed E-state index contributed by atoms with van der Waals surface area (Å²) in [6.07, 6.45) is 8.19. The zero-order valence-corrected chi connectivity index (χ0v) is 19.1. The second-order valence-corrected chi connectivity index (χ2v) is 10.5. The van der Waals surface area contributed by atoms with Crippen LogP contribution in [0.4, 0.5) is 0 Å². The van der Waals surface area contributed by atoms with Gasteiger partial charge >= 0.3 is 10.4 Å². The summed E-state index contributed by atoms with van der Waals surface area (Å²) in [5, 5.41) is 0. The molecular formula is C19H30NaO5S. The van der Waals surface area contributed by atoms with Crippen LogP contribution in [0.2, 0.25) is 0 Å². The maximum atomic E-state index is 12.4. The van der Waals surface area contributed by atoms with Gasteiger partial charge in [0.1, 0.15) is 5.78 Å².